The lowest BCUT2D eigenvalue weighted by Gasteiger charge is -2.09. The van der Waals surface area contributed by atoms with E-state index in [1.807, 2.05) is 32.0 Å². The minimum atomic E-state index is -0.296. The SMILES string of the molecule is Cc1cc(C)cc(NC(=O)c2cc(C)nc(Nc3cc(C)on3)n2)c1. The maximum Gasteiger partial charge on any atom is 0.274 e. The van der Waals surface area contributed by atoms with Gasteiger partial charge in [0.05, 0.1) is 0 Å². The molecule has 2 heterocycles. The molecule has 128 valence electrons. The van der Waals surface area contributed by atoms with Crippen LogP contribution in [0.2, 0.25) is 0 Å². The zero-order valence-corrected chi connectivity index (χ0v) is 14.5. The van der Waals surface area contributed by atoms with Gasteiger partial charge in [0.1, 0.15) is 11.5 Å². The highest BCUT2D eigenvalue weighted by Crippen LogP contribution is 2.17. The third kappa shape index (κ3) is 4.20. The molecule has 0 radical (unpaired) electrons. The first-order valence-corrected chi connectivity index (χ1v) is 7.85. The van der Waals surface area contributed by atoms with E-state index in [9.17, 15) is 4.79 Å². The molecular weight excluding hydrogens is 318 g/mol. The molecule has 0 aliphatic carbocycles. The summed E-state index contributed by atoms with van der Waals surface area (Å²) in [5.41, 5.74) is 3.84. The zero-order valence-electron chi connectivity index (χ0n) is 14.5. The highest BCUT2D eigenvalue weighted by Gasteiger charge is 2.12. The van der Waals surface area contributed by atoms with Crippen LogP contribution >= 0.6 is 0 Å². The van der Waals surface area contributed by atoms with Crippen molar-refractivity contribution in [1.29, 1.82) is 0 Å². The first kappa shape index (κ1) is 16.6. The lowest BCUT2D eigenvalue weighted by Crippen LogP contribution is -2.15. The number of carbonyl (C=O) groups excluding carboxylic acids is 1. The van der Waals surface area contributed by atoms with Crippen LogP contribution in [0.1, 0.15) is 33.1 Å². The molecule has 2 aromatic heterocycles. The molecule has 0 spiro atoms. The molecule has 2 N–H and O–H groups in total. The fourth-order valence-electron chi connectivity index (χ4n) is 2.52. The van der Waals surface area contributed by atoms with E-state index in [-0.39, 0.29) is 11.6 Å². The van der Waals surface area contributed by atoms with Gasteiger partial charge < -0.3 is 15.2 Å². The lowest BCUT2D eigenvalue weighted by atomic mass is 10.1. The standard InChI is InChI=1S/C18H19N5O2/c1-10-5-11(2)7-14(6-10)20-17(24)15-8-12(3)19-18(21-15)22-16-9-13(4)25-23-16/h5-9H,1-4H3,(H,20,24)(H,19,21,22,23). The Morgan fingerprint density at radius 3 is 2.32 bits per heavy atom. The largest absolute Gasteiger partial charge is 0.360 e. The van der Waals surface area contributed by atoms with E-state index in [4.69, 9.17) is 4.52 Å². The van der Waals surface area contributed by atoms with Crippen LogP contribution in [0, 0.1) is 27.7 Å². The molecular formula is C18H19N5O2. The number of nitrogens with one attached hydrogen (secondary N) is 2. The number of anilines is 3. The summed E-state index contributed by atoms with van der Waals surface area (Å²) in [5.74, 6) is 1.15. The molecule has 0 aliphatic heterocycles. The van der Waals surface area contributed by atoms with Gasteiger partial charge in [0.2, 0.25) is 5.95 Å². The van der Waals surface area contributed by atoms with Crippen LogP contribution in [0.4, 0.5) is 17.5 Å². The monoisotopic (exact) mass is 337 g/mol. The van der Waals surface area contributed by atoms with Gasteiger partial charge >= 0.3 is 0 Å². The van der Waals surface area contributed by atoms with Crippen LogP contribution in [-0.2, 0) is 0 Å². The third-order valence-corrected chi connectivity index (χ3v) is 3.43. The van der Waals surface area contributed by atoms with Crippen LogP contribution in [0.15, 0.2) is 34.9 Å². The van der Waals surface area contributed by atoms with Crippen LogP contribution in [-0.4, -0.2) is 21.0 Å². The van der Waals surface area contributed by atoms with Gasteiger partial charge in [-0.05, 0) is 57.0 Å². The number of rotatable bonds is 4. The topological polar surface area (TPSA) is 92.9 Å². The summed E-state index contributed by atoms with van der Waals surface area (Å²) < 4.78 is 5.00. The number of amides is 1. The summed E-state index contributed by atoms with van der Waals surface area (Å²) in [6, 6.07) is 9.23. The van der Waals surface area contributed by atoms with Crippen molar-refractivity contribution in [2.75, 3.05) is 10.6 Å². The number of nitrogens with zero attached hydrogens (tertiary/aromatic N) is 3. The van der Waals surface area contributed by atoms with Crippen molar-refractivity contribution >= 4 is 23.4 Å². The van der Waals surface area contributed by atoms with E-state index >= 15 is 0 Å². The molecule has 0 bridgehead atoms. The Bertz CT molecular complexity index is 913. The molecule has 3 aromatic rings. The van der Waals surface area contributed by atoms with E-state index in [0.29, 0.717) is 23.2 Å². The maximum atomic E-state index is 12.5. The predicted molar refractivity (Wildman–Crippen MR) is 95.2 cm³/mol. The summed E-state index contributed by atoms with van der Waals surface area (Å²) in [6.07, 6.45) is 0. The molecule has 0 saturated carbocycles. The van der Waals surface area contributed by atoms with Gasteiger partial charge in [0.25, 0.3) is 5.91 Å². The number of aromatic nitrogens is 3. The minimum absolute atomic E-state index is 0.273. The maximum absolute atomic E-state index is 12.5. The first-order chi connectivity index (χ1) is 11.9. The Labute approximate surface area is 145 Å². The number of hydrogen-bond donors (Lipinski definition) is 2. The molecule has 0 unspecified atom stereocenters. The second-order valence-electron chi connectivity index (χ2n) is 6.00. The number of aryl methyl sites for hydroxylation is 4. The normalized spacial score (nSPS) is 10.6. The van der Waals surface area contributed by atoms with E-state index < -0.39 is 0 Å². The molecule has 7 nitrogen and oxygen atoms in total. The molecule has 0 saturated heterocycles. The molecule has 0 fully saturated rings. The zero-order chi connectivity index (χ0) is 18.0. The molecule has 1 amide bonds. The van der Waals surface area contributed by atoms with Gasteiger partial charge in [-0.1, -0.05) is 11.2 Å². The Morgan fingerprint density at radius 2 is 1.68 bits per heavy atom. The Morgan fingerprint density at radius 1 is 0.960 bits per heavy atom. The summed E-state index contributed by atoms with van der Waals surface area (Å²) >= 11 is 0. The van der Waals surface area contributed by atoms with Crippen molar-refractivity contribution < 1.29 is 9.32 Å². The molecule has 25 heavy (non-hydrogen) atoms. The quantitative estimate of drug-likeness (QED) is 0.754. The summed E-state index contributed by atoms with van der Waals surface area (Å²) in [4.78, 5) is 21.1. The first-order valence-electron chi connectivity index (χ1n) is 7.85. The van der Waals surface area contributed by atoms with Crippen molar-refractivity contribution in [2.24, 2.45) is 0 Å². The van der Waals surface area contributed by atoms with Gasteiger partial charge in [-0.15, -0.1) is 0 Å². The minimum Gasteiger partial charge on any atom is -0.360 e. The number of benzene rings is 1. The second kappa shape index (κ2) is 6.72. The van der Waals surface area contributed by atoms with E-state index in [1.54, 1.807) is 26.0 Å². The molecule has 0 atom stereocenters. The predicted octanol–water partition coefficient (Wildman–Crippen LogP) is 3.69. The fourth-order valence-corrected chi connectivity index (χ4v) is 2.52. The smallest absolute Gasteiger partial charge is 0.274 e. The number of carbonyl (C=O) groups is 1. The van der Waals surface area contributed by atoms with Crippen molar-refractivity contribution in [1.82, 2.24) is 15.1 Å². The van der Waals surface area contributed by atoms with E-state index in [1.165, 1.54) is 0 Å². The third-order valence-electron chi connectivity index (χ3n) is 3.43. The number of hydrogen-bond acceptors (Lipinski definition) is 6. The molecule has 1 aromatic carbocycles. The average Bonchev–Trinajstić information content (AvgIpc) is 2.90. The van der Waals surface area contributed by atoms with Crippen LogP contribution < -0.4 is 10.6 Å². The van der Waals surface area contributed by atoms with Gasteiger partial charge in [-0.3, -0.25) is 4.79 Å². The summed E-state index contributed by atoms with van der Waals surface area (Å²) in [7, 11) is 0. The van der Waals surface area contributed by atoms with Gasteiger partial charge in [-0.2, -0.15) is 0 Å². The Hall–Kier alpha value is -3.22. The summed E-state index contributed by atoms with van der Waals surface area (Å²) in [6.45, 7) is 7.56. The highest BCUT2D eigenvalue weighted by atomic mass is 16.5. The second-order valence-corrected chi connectivity index (χ2v) is 6.00. The molecule has 3 rings (SSSR count). The summed E-state index contributed by atoms with van der Waals surface area (Å²) in [5, 5.41) is 9.64. The van der Waals surface area contributed by atoms with Crippen molar-refractivity contribution in [3.05, 3.63) is 58.6 Å². The molecule has 7 heteroatoms. The van der Waals surface area contributed by atoms with Crippen LogP contribution in [0.25, 0.3) is 0 Å². The van der Waals surface area contributed by atoms with Crippen LogP contribution in [0.5, 0.6) is 0 Å². The van der Waals surface area contributed by atoms with Crippen molar-refractivity contribution in [2.45, 2.75) is 27.7 Å². The lowest BCUT2D eigenvalue weighted by molar-refractivity contribution is 0.102. The van der Waals surface area contributed by atoms with Gasteiger partial charge in [0, 0.05) is 17.4 Å². The highest BCUT2D eigenvalue weighted by molar-refractivity contribution is 6.03. The van der Waals surface area contributed by atoms with E-state index in [0.717, 1.165) is 16.8 Å². The Balaban J connectivity index is 1.82. The van der Waals surface area contributed by atoms with Crippen LogP contribution in [0.3, 0.4) is 0 Å². The Kier molecular flexibility index (Phi) is 4.47. The van der Waals surface area contributed by atoms with Gasteiger partial charge in [-0.25, -0.2) is 9.97 Å². The van der Waals surface area contributed by atoms with Crippen molar-refractivity contribution in [3.8, 4) is 0 Å². The van der Waals surface area contributed by atoms with E-state index in [2.05, 4.69) is 25.8 Å². The molecule has 0 aliphatic rings. The van der Waals surface area contributed by atoms with Crippen molar-refractivity contribution in [3.63, 3.8) is 0 Å². The fraction of sp³-hybridized carbons (Fsp3) is 0.222. The average molecular weight is 337 g/mol. The van der Waals surface area contributed by atoms with Gasteiger partial charge in [0.15, 0.2) is 5.82 Å².